The van der Waals surface area contributed by atoms with E-state index in [0.717, 1.165) is 39.0 Å². The molecule has 2 aromatic carbocycles. The molecule has 1 N–H and O–H groups in total. The molecule has 4 radical (unpaired) electrons. The first-order chi connectivity index (χ1) is 13.7. The van der Waals surface area contributed by atoms with Crippen LogP contribution >= 0.6 is 0 Å². The van der Waals surface area contributed by atoms with E-state index in [4.69, 9.17) is 4.74 Å². The summed E-state index contributed by atoms with van der Waals surface area (Å²) < 4.78 is 6.39. The maximum Gasteiger partial charge on any atom is 0.123 e. The Balaban J connectivity index is 0.00000240. The number of nitrogens with one attached hydrogen (secondary N) is 1. The van der Waals surface area contributed by atoms with Crippen LogP contribution in [0.1, 0.15) is 24.0 Å². The van der Waals surface area contributed by atoms with Crippen LogP contribution in [0, 0.1) is 0 Å². The minimum absolute atomic E-state index is 0. The molecule has 0 amide bonds. The fraction of sp³-hybridized carbons (Fsp3) is 0.417. The van der Waals surface area contributed by atoms with Gasteiger partial charge in [-0.2, -0.15) is 0 Å². The van der Waals surface area contributed by atoms with E-state index in [1.807, 2.05) is 0 Å². The van der Waals surface area contributed by atoms with Gasteiger partial charge < -0.3 is 19.9 Å². The van der Waals surface area contributed by atoms with Crippen molar-refractivity contribution in [2.75, 3.05) is 45.4 Å². The topological polar surface area (TPSA) is 27.7 Å². The second kappa shape index (κ2) is 10.0. The van der Waals surface area contributed by atoms with Crippen LogP contribution in [-0.2, 0) is 16.6 Å². The summed E-state index contributed by atoms with van der Waals surface area (Å²) in [6.07, 6.45) is 5.44. The number of piperidine rings is 1. The van der Waals surface area contributed by atoms with Gasteiger partial charge in [0, 0.05) is 67.4 Å². The van der Waals surface area contributed by atoms with Crippen LogP contribution in [0.25, 0.3) is 0 Å². The summed E-state index contributed by atoms with van der Waals surface area (Å²) in [5.74, 6) is 0. The molecule has 29 heavy (non-hydrogen) atoms. The van der Waals surface area contributed by atoms with Crippen LogP contribution < -0.4 is 10.2 Å². The molecule has 0 bridgehead atoms. The number of nitrogens with zero attached hydrogens (tertiary/aromatic N) is 2. The van der Waals surface area contributed by atoms with E-state index in [1.165, 1.54) is 22.5 Å². The SMILES string of the molecule is CN(C)C1=CN(COCC2(c3ccccc3)CCNCC2)c2ccccc2C1.[Sn]. The van der Waals surface area contributed by atoms with Gasteiger partial charge in [-0.05, 0) is 43.1 Å². The maximum absolute atomic E-state index is 6.39. The maximum atomic E-state index is 6.39. The smallest absolute Gasteiger partial charge is 0.123 e. The molecule has 5 heteroatoms. The van der Waals surface area contributed by atoms with E-state index in [0.29, 0.717) is 6.73 Å². The Kier molecular flexibility index (Phi) is 7.66. The molecule has 2 heterocycles. The van der Waals surface area contributed by atoms with E-state index in [1.54, 1.807) is 0 Å². The normalized spacial score (nSPS) is 17.7. The Morgan fingerprint density at radius 2 is 1.69 bits per heavy atom. The van der Waals surface area contributed by atoms with Gasteiger partial charge in [0.15, 0.2) is 0 Å². The zero-order chi connectivity index (χ0) is 19.4. The first-order valence-electron chi connectivity index (χ1n) is 10.2. The molecule has 4 rings (SSSR count). The number of para-hydroxylation sites is 1. The van der Waals surface area contributed by atoms with Crippen molar-refractivity contribution in [1.82, 2.24) is 10.2 Å². The number of ether oxygens (including phenoxy) is 1. The first kappa shape index (κ1) is 22.2. The van der Waals surface area contributed by atoms with Gasteiger partial charge in [-0.1, -0.05) is 48.5 Å². The van der Waals surface area contributed by atoms with Crippen LogP contribution in [0.5, 0.6) is 0 Å². The number of rotatable bonds is 6. The minimum atomic E-state index is 0. The van der Waals surface area contributed by atoms with E-state index < -0.39 is 0 Å². The van der Waals surface area contributed by atoms with Crippen molar-refractivity contribution in [2.45, 2.75) is 24.7 Å². The quantitative estimate of drug-likeness (QED) is 0.622. The number of likely N-dealkylation sites (N-methyl/N-ethyl adjacent to an activating group) is 1. The van der Waals surface area contributed by atoms with Crippen LogP contribution in [0.3, 0.4) is 0 Å². The Labute approximate surface area is 191 Å². The monoisotopic (exact) mass is 497 g/mol. The van der Waals surface area contributed by atoms with Crippen molar-refractivity contribution < 1.29 is 4.74 Å². The van der Waals surface area contributed by atoms with Gasteiger partial charge >= 0.3 is 0 Å². The number of hydrogen-bond acceptors (Lipinski definition) is 4. The van der Waals surface area contributed by atoms with E-state index >= 15 is 0 Å². The number of hydrogen-bond donors (Lipinski definition) is 1. The van der Waals surface area contributed by atoms with Crippen molar-refractivity contribution in [2.24, 2.45) is 0 Å². The zero-order valence-corrected chi connectivity index (χ0v) is 20.4. The molecular weight excluding hydrogens is 465 g/mol. The molecular formula is C24H31N3OSn. The summed E-state index contributed by atoms with van der Waals surface area (Å²) in [6.45, 7) is 3.43. The van der Waals surface area contributed by atoms with Gasteiger partial charge in [0.1, 0.15) is 6.73 Å². The van der Waals surface area contributed by atoms with Crippen LogP contribution in [0.15, 0.2) is 66.5 Å². The molecule has 152 valence electrons. The molecule has 0 atom stereocenters. The largest absolute Gasteiger partial charge is 0.380 e. The Morgan fingerprint density at radius 1 is 1.00 bits per heavy atom. The number of allylic oxidation sites excluding steroid dienone is 1. The number of anilines is 1. The molecule has 1 fully saturated rings. The van der Waals surface area contributed by atoms with E-state index in [-0.39, 0.29) is 29.3 Å². The Morgan fingerprint density at radius 3 is 2.41 bits per heavy atom. The predicted molar refractivity (Wildman–Crippen MR) is 121 cm³/mol. The molecule has 0 unspecified atom stereocenters. The van der Waals surface area contributed by atoms with Gasteiger partial charge in [-0.25, -0.2) is 0 Å². The molecule has 0 saturated carbocycles. The van der Waals surface area contributed by atoms with Crippen molar-refractivity contribution >= 4 is 29.6 Å². The zero-order valence-electron chi connectivity index (χ0n) is 17.5. The third-order valence-electron chi connectivity index (χ3n) is 6.11. The van der Waals surface area contributed by atoms with Crippen molar-refractivity contribution in [3.63, 3.8) is 0 Å². The third-order valence-corrected chi connectivity index (χ3v) is 6.11. The molecule has 0 aliphatic carbocycles. The number of fused-ring (bicyclic) bond motifs is 1. The first-order valence-corrected chi connectivity index (χ1v) is 10.2. The molecule has 0 aromatic heterocycles. The van der Waals surface area contributed by atoms with E-state index in [2.05, 4.69) is 90.0 Å². The van der Waals surface area contributed by atoms with Gasteiger partial charge in [0.05, 0.1) is 6.61 Å². The van der Waals surface area contributed by atoms with Crippen LogP contribution in [0.4, 0.5) is 5.69 Å². The molecule has 2 aromatic rings. The Hall–Kier alpha value is -1.50. The van der Waals surface area contributed by atoms with Crippen LogP contribution in [0.2, 0.25) is 0 Å². The van der Waals surface area contributed by atoms with Crippen molar-refractivity contribution in [3.8, 4) is 0 Å². The second-order valence-corrected chi connectivity index (χ2v) is 8.16. The Bertz CT molecular complexity index is 816. The average Bonchev–Trinajstić information content (AvgIpc) is 2.75. The summed E-state index contributed by atoms with van der Waals surface area (Å²) in [7, 11) is 4.22. The van der Waals surface area contributed by atoms with Crippen molar-refractivity contribution in [1.29, 1.82) is 0 Å². The average molecular weight is 496 g/mol. The van der Waals surface area contributed by atoms with Gasteiger partial charge in [0.2, 0.25) is 0 Å². The third kappa shape index (κ3) is 4.98. The molecule has 2 aliphatic heterocycles. The molecule has 0 spiro atoms. The molecule has 4 nitrogen and oxygen atoms in total. The summed E-state index contributed by atoms with van der Waals surface area (Å²) in [5, 5.41) is 3.50. The van der Waals surface area contributed by atoms with Gasteiger partial charge in [-0.3, -0.25) is 0 Å². The van der Waals surface area contributed by atoms with Crippen molar-refractivity contribution in [3.05, 3.63) is 77.6 Å². The van der Waals surface area contributed by atoms with Gasteiger partial charge in [0.25, 0.3) is 0 Å². The fourth-order valence-electron chi connectivity index (χ4n) is 4.36. The van der Waals surface area contributed by atoms with Gasteiger partial charge in [-0.15, -0.1) is 0 Å². The summed E-state index contributed by atoms with van der Waals surface area (Å²) >= 11 is 0. The second-order valence-electron chi connectivity index (χ2n) is 8.16. The summed E-state index contributed by atoms with van der Waals surface area (Å²) in [6, 6.07) is 19.5. The molecule has 1 saturated heterocycles. The predicted octanol–water partition coefficient (Wildman–Crippen LogP) is 3.37. The fourth-order valence-corrected chi connectivity index (χ4v) is 4.36. The van der Waals surface area contributed by atoms with E-state index in [9.17, 15) is 0 Å². The summed E-state index contributed by atoms with van der Waals surface area (Å²) in [5.41, 5.74) is 5.43. The molecule has 2 aliphatic rings. The number of benzene rings is 2. The minimum Gasteiger partial charge on any atom is -0.380 e. The summed E-state index contributed by atoms with van der Waals surface area (Å²) in [4.78, 5) is 4.45. The van der Waals surface area contributed by atoms with Crippen LogP contribution in [-0.4, -0.2) is 69.3 Å². The standard InChI is InChI=1S/C24H31N3O.Sn/c1-26(2)22-16-20-8-6-7-11-23(20)27(17-22)19-28-18-24(12-14-25-15-13-24)21-9-4-3-5-10-21;/h3-11,17,25H,12-16,18-19H2,1-2H3;.